The fourth-order valence-corrected chi connectivity index (χ4v) is 2.74. The quantitative estimate of drug-likeness (QED) is 0.414. The first-order chi connectivity index (χ1) is 13.6. The number of nitrogens with two attached hydrogens (primary N) is 1. The van der Waals surface area contributed by atoms with Crippen molar-refractivity contribution in [1.82, 2.24) is 15.1 Å². The molecule has 3 aromatic rings. The van der Waals surface area contributed by atoms with Gasteiger partial charge in [-0.1, -0.05) is 54.6 Å². The van der Waals surface area contributed by atoms with Crippen molar-refractivity contribution in [2.75, 3.05) is 6.61 Å². The van der Waals surface area contributed by atoms with E-state index in [1.54, 1.807) is 18.3 Å². The lowest BCUT2D eigenvalue weighted by Crippen LogP contribution is -2.34. The van der Waals surface area contributed by atoms with Crippen LogP contribution in [-0.2, 0) is 16.1 Å². The minimum absolute atomic E-state index is 0.0138. The van der Waals surface area contributed by atoms with Crippen molar-refractivity contribution in [2.45, 2.75) is 19.7 Å². The van der Waals surface area contributed by atoms with Crippen LogP contribution in [0, 0.1) is 5.41 Å². The van der Waals surface area contributed by atoms with Gasteiger partial charge in [-0.2, -0.15) is 5.10 Å². The Bertz CT molecular complexity index is 935. The zero-order valence-electron chi connectivity index (χ0n) is 15.6. The Labute approximate surface area is 163 Å². The zero-order chi connectivity index (χ0) is 19.9. The van der Waals surface area contributed by atoms with Crippen LogP contribution < -0.4 is 11.1 Å². The van der Waals surface area contributed by atoms with Crippen molar-refractivity contribution < 1.29 is 9.53 Å². The number of ether oxygens (including phenoxy) is 1. The van der Waals surface area contributed by atoms with E-state index in [-0.39, 0.29) is 11.7 Å². The predicted molar refractivity (Wildman–Crippen MR) is 108 cm³/mol. The third kappa shape index (κ3) is 4.63. The maximum atomic E-state index is 12.7. The Morgan fingerprint density at radius 2 is 1.89 bits per heavy atom. The fraction of sp³-hybridized carbons (Fsp3) is 0.190. The molecule has 7 nitrogen and oxygen atoms in total. The van der Waals surface area contributed by atoms with E-state index in [1.807, 2.05) is 55.5 Å². The topological polar surface area (TPSA) is 106 Å². The van der Waals surface area contributed by atoms with Gasteiger partial charge >= 0.3 is 0 Å². The number of amidine groups is 1. The summed E-state index contributed by atoms with van der Waals surface area (Å²) in [5.74, 6) is -0.264. The van der Waals surface area contributed by atoms with Crippen LogP contribution in [-0.4, -0.2) is 28.1 Å². The zero-order valence-corrected chi connectivity index (χ0v) is 15.6. The number of benzene rings is 2. The second-order valence-corrected chi connectivity index (χ2v) is 6.18. The van der Waals surface area contributed by atoms with Gasteiger partial charge in [-0.3, -0.25) is 10.2 Å². The van der Waals surface area contributed by atoms with Gasteiger partial charge in [-0.25, -0.2) is 4.68 Å². The van der Waals surface area contributed by atoms with E-state index < -0.39 is 6.23 Å². The Balaban J connectivity index is 1.68. The minimum Gasteiger partial charge on any atom is -0.384 e. The molecule has 1 unspecified atom stereocenters. The van der Waals surface area contributed by atoms with Crippen LogP contribution in [0.25, 0.3) is 11.3 Å². The minimum atomic E-state index is -0.848. The van der Waals surface area contributed by atoms with E-state index in [9.17, 15) is 4.79 Å². The largest absolute Gasteiger partial charge is 0.384 e. The van der Waals surface area contributed by atoms with E-state index in [2.05, 4.69) is 10.4 Å². The SMILES string of the molecule is CCOC(C(=O)NCc1ccc(C(=N)N)cc1)n1ccc(-c2ccccc2)n1. The smallest absolute Gasteiger partial charge is 0.272 e. The van der Waals surface area contributed by atoms with Gasteiger partial charge in [0.25, 0.3) is 5.91 Å². The lowest BCUT2D eigenvalue weighted by molar-refractivity contribution is -0.139. The van der Waals surface area contributed by atoms with Gasteiger partial charge in [0.05, 0.1) is 5.69 Å². The van der Waals surface area contributed by atoms with E-state index in [0.717, 1.165) is 16.8 Å². The van der Waals surface area contributed by atoms with Crippen LogP contribution in [0.3, 0.4) is 0 Å². The average molecular weight is 377 g/mol. The number of rotatable bonds is 8. The number of hydrogen-bond acceptors (Lipinski definition) is 4. The fourth-order valence-electron chi connectivity index (χ4n) is 2.74. The maximum Gasteiger partial charge on any atom is 0.272 e. The van der Waals surface area contributed by atoms with Gasteiger partial charge < -0.3 is 15.8 Å². The monoisotopic (exact) mass is 377 g/mol. The van der Waals surface area contributed by atoms with Crippen molar-refractivity contribution >= 4 is 11.7 Å². The molecule has 0 bridgehead atoms. The van der Waals surface area contributed by atoms with Crippen LogP contribution in [0.15, 0.2) is 66.9 Å². The van der Waals surface area contributed by atoms with Gasteiger partial charge in [0.15, 0.2) is 0 Å². The summed E-state index contributed by atoms with van der Waals surface area (Å²) in [5.41, 5.74) is 8.75. The first-order valence-electron chi connectivity index (χ1n) is 9.01. The number of aromatic nitrogens is 2. The van der Waals surface area contributed by atoms with Gasteiger partial charge in [0, 0.05) is 30.5 Å². The lowest BCUT2D eigenvalue weighted by atomic mass is 10.1. The molecule has 1 aromatic heterocycles. The van der Waals surface area contributed by atoms with Crippen LogP contribution in [0.2, 0.25) is 0 Å². The molecule has 0 aliphatic rings. The standard InChI is InChI=1S/C21H23N5O2/c1-2-28-21(26-13-12-18(25-26)16-6-4-3-5-7-16)20(27)24-14-15-8-10-17(11-9-15)19(22)23/h3-13,21H,2,14H2,1H3,(H3,22,23)(H,24,27). The van der Waals surface area contributed by atoms with Crippen LogP contribution in [0.4, 0.5) is 0 Å². The predicted octanol–water partition coefficient (Wildman–Crippen LogP) is 2.69. The highest BCUT2D eigenvalue weighted by molar-refractivity contribution is 5.94. The molecule has 0 spiro atoms. The average Bonchev–Trinajstić information content (AvgIpc) is 3.21. The summed E-state index contributed by atoms with van der Waals surface area (Å²) in [7, 11) is 0. The molecule has 1 heterocycles. The molecule has 7 heteroatoms. The molecule has 1 atom stereocenters. The number of nitrogens with one attached hydrogen (secondary N) is 2. The first-order valence-corrected chi connectivity index (χ1v) is 9.01. The molecule has 144 valence electrons. The highest BCUT2D eigenvalue weighted by Gasteiger charge is 2.21. The van der Waals surface area contributed by atoms with Crippen LogP contribution in [0.5, 0.6) is 0 Å². The third-order valence-electron chi connectivity index (χ3n) is 4.20. The number of hydrogen-bond donors (Lipinski definition) is 3. The lowest BCUT2D eigenvalue weighted by Gasteiger charge is -2.17. The molecule has 1 amide bonds. The summed E-state index contributed by atoms with van der Waals surface area (Å²) in [5, 5.41) is 14.8. The number of nitrogen functional groups attached to an aromatic ring is 1. The van der Waals surface area contributed by atoms with E-state index in [0.29, 0.717) is 18.7 Å². The number of amides is 1. The van der Waals surface area contributed by atoms with Crippen molar-refractivity contribution in [3.63, 3.8) is 0 Å². The van der Waals surface area contributed by atoms with Crippen LogP contribution in [0.1, 0.15) is 24.3 Å². The second kappa shape index (κ2) is 8.96. The summed E-state index contributed by atoms with van der Waals surface area (Å²) < 4.78 is 7.15. The summed E-state index contributed by atoms with van der Waals surface area (Å²) in [6.07, 6.45) is 0.892. The van der Waals surface area contributed by atoms with Crippen molar-refractivity contribution in [1.29, 1.82) is 5.41 Å². The molecule has 2 aromatic carbocycles. The Morgan fingerprint density at radius 3 is 2.54 bits per heavy atom. The molecular formula is C21H23N5O2. The van der Waals surface area contributed by atoms with Gasteiger partial charge in [0.1, 0.15) is 5.84 Å². The van der Waals surface area contributed by atoms with Crippen molar-refractivity contribution in [3.8, 4) is 11.3 Å². The summed E-state index contributed by atoms with van der Waals surface area (Å²) in [6, 6.07) is 18.8. The van der Waals surface area contributed by atoms with Gasteiger partial charge in [0.2, 0.25) is 6.23 Å². The molecule has 0 aliphatic carbocycles. The molecule has 0 aliphatic heterocycles. The molecule has 0 fully saturated rings. The summed E-state index contributed by atoms with van der Waals surface area (Å²) >= 11 is 0. The van der Waals surface area contributed by atoms with E-state index in [1.165, 1.54) is 4.68 Å². The molecule has 0 saturated carbocycles. The third-order valence-corrected chi connectivity index (χ3v) is 4.20. The maximum absolute atomic E-state index is 12.7. The summed E-state index contributed by atoms with van der Waals surface area (Å²) in [4.78, 5) is 12.7. The normalized spacial score (nSPS) is 11.8. The highest BCUT2D eigenvalue weighted by atomic mass is 16.5. The second-order valence-electron chi connectivity index (χ2n) is 6.18. The van der Waals surface area contributed by atoms with Crippen molar-refractivity contribution in [3.05, 3.63) is 78.0 Å². The molecular weight excluding hydrogens is 354 g/mol. The number of carbonyl (C=O) groups excluding carboxylic acids is 1. The Morgan fingerprint density at radius 1 is 1.18 bits per heavy atom. The molecule has 0 saturated heterocycles. The van der Waals surface area contributed by atoms with Gasteiger partial charge in [-0.15, -0.1) is 0 Å². The van der Waals surface area contributed by atoms with E-state index >= 15 is 0 Å². The number of nitrogens with zero attached hydrogens (tertiary/aromatic N) is 2. The number of carbonyl (C=O) groups is 1. The Hall–Kier alpha value is -3.45. The molecule has 3 rings (SSSR count). The van der Waals surface area contributed by atoms with E-state index in [4.69, 9.17) is 15.9 Å². The highest BCUT2D eigenvalue weighted by Crippen LogP contribution is 2.18. The van der Waals surface area contributed by atoms with Gasteiger partial charge in [-0.05, 0) is 18.6 Å². The van der Waals surface area contributed by atoms with Crippen molar-refractivity contribution in [2.24, 2.45) is 5.73 Å². The summed E-state index contributed by atoms with van der Waals surface area (Å²) in [6.45, 7) is 2.56. The molecule has 4 N–H and O–H groups in total. The first kappa shape index (κ1) is 19.3. The van der Waals surface area contributed by atoms with Crippen LogP contribution >= 0.6 is 0 Å². The Kier molecular flexibility index (Phi) is 6.18. The molecule has 0 radical (unpaired) electrons. The molecule has 28 heavy (non-hydrogen) atoms.